The van der Waals surface area contributed by atoms with Gasteiger partial charge in [0.25, 0.3) is 0 Å². The number of likely N-dealkylation sites (N-methyl/N-ethyl adjacent to an activating group) is 1. The molecule has 0 bridgehead atoms. The van der Waals surface area contributed by atoms with E-state index in [1.165, 1.54) is 26.2 Å². The Balaban J connectivity index is 2.09. The molecule has 0 radical (unpaired) electrons. The van der Waals surface area contributed by atoms with Gasteiger partial charge in [-0.3, -0.25) is 14.4 Å². The monoisotopic (exact) mass is 378 g/mol. The van der Waals surface area contributed by atoms with E-state index in [0.717, 1.165) is 0 Å². The van der Waals surface area contributed by atoms with Gasteiger partial charge in [0.05, 0.1) is 26.9 Å². The molecular formula is C19H26N2O6. The first kappa shape index (κ1) is 20.5. The van der Waals surface area contributed by atoms with Crippen LogP contribution in [0.15, 0.2) is 12.1 Å². The number of rotatable bonds is 7. The molecule has 0 aliphatic carbocycles. The zero-order valence-electron chi connectivity index (χ0n) is 16.4. The van der Waals surface area contributed by atoms with Crippen molar-refractivity contribution in [2.24, 2.45) is 0 Å². The van der Waals surface area contributed by atoms with E-state index >= 15 is 0 Å². The molecule has 1 fully saturated rings. The molecule has 2 rings (SSSR count). The third kappa shape index (κ3) is 4.32. The van der Waals surface area contributed by atoms with E-state index in [-0.39, 0.29) is 30.4 Å². The van der Waals surface area contributed by atoms with E-state index in [9.17, 15) is 14.4 Å². The lowest BCUT2D eigenvalue weighted by atomic mass is 10.0. The Morgan fingerprint density at radius 3 is 2.19 bits per heavy atom. The van der Waals surface area contributed by atoms with E-state index in [0.29, 0.717) is 35.9 Å². The Kier molecular flexibility index (Phi) is 6.65. The molecular weight excluding hydrogens is 352 g/mol. The lowest BCUT2D eigenvalue weighted by Crippen LogP contribution is -2.56. The minimum absolute atomic E-state index is 0.0118. The van der Waals surface area contributed by atoms with Crippen LogP contribution in [0.25, 0.3) is 0 Å². The van der Waals surface area contributed by atoms with Crippen LogP contribution in [0.5, 0.6) is 17.2 Å². The summed E-state index contributed by atoms with van der Waals surface area (Å²) in [4.78, 5) is 40.3. The molecule has 1 aromatic rings. The number of nitrogens with zero attached hydrogens (tertiary/aromatic N) is 2. The van der Waals surface area contributed by atoms with Crippen LogP contribution >= 0.6 is 0 Å². The number of amides is 2. The Bertz CT molecular complexity index is 733. The number of ether oxygens (including phenoxy) is 3. The van der Waals surface area contributed by atoms with Gasteiger partial charge in [0.2, 0.25) is 11.8 Å². The number of carbonyl (C=O) groups is 3. The smallest absolute Gasteiger partial charge is 0.244 e. The average molecular weight is 378 g/mol. The molecule has 2 amide bonds. The normalized spacial score (nSPS) is 16.9. The van der Waals surface area contributed by atoms with Crippen molar-refractivity contribution in [2.75, 3.05) is 41.5 Å². The second-order valence-electron chi connectivity index (χ2n) is 6.35. The highest BCUT2D eigenvalue weighted by molar-refractivity contribution is 6.01. The lowest BCUT2D eigenvalue weighted by molar-refractivity contribution is -0.149. The summed E-state index contributed by atoms with van der Waals surface area (Å²) in [5.41, 5.74) is 0.324. The first-order chi connectivity index (χ1) is 12.8. The molecule has 1 aliphatic rings. The van der Waals surface area contributed by atoms with Crippen LogP contribution in [-0.4, -0.2) is 74.9 Å². The van der Waals surface area contributed by atoms with Crippen LogP contribution in [0, 0.1) is 0 Å². The highest BCUT2D eigenvalue weighted by Crippen LogP contribution is 2.35. The van der Waals surface area contributed by atoms with Crippen molar-refractivity contribution in [3.05, 3.63) is 17.7 Å². The van der Waals surface area contributed by atoms with Gasteiger partial charge < -0.3 is 24.0 Å². The van der Waals surface area contributed by atoms with E-state index < -0.39 is 6.04 Å². The van der Waals surface area contributed by atoms with Crippen molar-refractivity contribution in [3.63, 3.8) is 0 Å². The number of hydrogen-bond acceptors (Lipinski definition) is 6. The Morgan fingerprint density at radius 2 is 1.59 bits per heavy atom. The van der Waals surface area contributed by atoms with Crippen molar-refractivity contribution in [3.8, 4) is 17.2 Å². The van der Waals surface area contributed by atoms with Crippen LogP contribution in [0.3, 0.4) is 0 Å². The number of piperazine rings is 1. The first-order valence-corrected chi connectivity index (χ1v) is 8.71. The zero-order chi connectivity index (χ0) is 20.1. The molecule has 8 nitrogen and oxygen atoms in total. The van der Waals surface area contributed by atoms with Crippen molar-refractivity contribution < 1.29 is 28.6 Å². The minimum Gasteiger partial charge on any atom is -0.496 e. The number of Topliss-reactive ketones (excluding diaryl/α,β-unsaturated/α-hetero) is 1. The van der Waals surface area contributed by atoms with Crippen LogP contribution < -0.4 is 14.2 Å². The van der Waals surface area contributed by atoms with Crippen LogP contribution in [0.2, 0.25) is 0 Å². The van der Waals surface area contributed by atoms with Crippen LogP contribution in [0.1, 0.15) is 30.1 Å². The molecule has 1 aromatic carbocycles. The molecule has 1 unspecified atom stereocenters. The summed E-state index contributed by atoms with van der Waals surface area (Å²) in [6.45, 7) is 2.66. The van der Waals surface area contributed by atoms with Crippen molar-refractivity contribution in [1.29, 1.82) is 0 Å². The fourth-order valence-corrected chi connectivity index (χ4v) is 3.10. The number of hydrogen-bond donors (Lipinski definition) is 0. The second kappa shape index (κ2) is 8.75. The molecule has 1 atom stereocenters. The topological polar surface area (TPSA) is 85.4 Å². The number of ketones is 1. The largest absolute Gasteiger partial charge is 0.496 e. The predicted molar refractivity (Wildman–Crippen MR) is 98.5 cm³/mol. The van der Waals surface area contributed by atoms with E-state index in [1.807, 2.05) is 0 Å². The fourth-order valence-electron chi connectivity index (χ4n) is 3.10. The highest BCUT2D eigenvalue weighted by Gasteiger charge is 2.32. The summed E-state index contributed by atoms with van der Waals surface area (Å²) < 4.78 is 15.7. The Hall–Kier alpha value is -2.77. The van der Waals surface area contributed by atoms with Crippen molar-refractivity contribution >= 4 is 17.6 Å². The van der Waals surface area contributed by atoms with Gasteiger partial charge in [-0.25, -0.2) is 0 Å². The van der Waals surface area contributed by atoms with Gasteiger partial charge in [0, 0.05) is 39.0 Å². The predicted octanol–water partition coefficient (Wildman–Crippen LogP) is 1.36. The summed E-state index contributed by atoms with van der Waals surface area (Å²) in [5.74, 6) is 0.666. The molecule has 1 aliphatic heterocycles. The first-order valence-electron chi connectivity index (χ1n) is 8.71. The highest BCUT2D eigenvalue weighted by atomic mass is 16.5. The molecule has 27 heavy (non-hydrogen) atoms. The standard InChI is InChI=1S/C19H26N2O6/c1-12-19(24)20(2)8-9-21(12)18(23)7-6-14(22)13-10-16(26-4)17(27-5)11-15(13)25-3/h10-12H,6-9H2,1-5H3. The van der Waals surface area contributed by atoms with Gasteiger partial charge in [0.1, 0.15) is 11.8 Å². The van der Waals surface area contributed by atoms with E-state index in [2.05, 4.69) is 0 Å². The third-order valence-corrected chi connectivity index (χ3v) is 4.77. The molecule has 148 valence electrons. The maximum Gasteiger partial charge on any atom is 0.244 e. The second-order valence-corrected chi connectivity index (χ2v) is 6.35. The molecule has 0 aromatic heterocycles. The van der Waals surface area contributed by atoms with Crippen molar-refractivity contribution in [1.82, 2.24) is 9.80 Å². The van der Waals surface area contributed by atoms with Gasteiger partial charge in [-0.2, -0.15) is 0 Å². The maximum atomic E-state index is 12.7. The lowest BCUT2D eigenvalue weighted by Gasteiger charge is -2.37. The molecule has 1 heterocycles. The number of carbonyl (C=O) groups excluding carboxylic acids is 3. The molecule has 1 saturated heterocycles. The SMILES string of the molecule is COc1cc(OC)c(C(=O)CCC(=O)N2CCN(C)C(=O)C2C)cc1OC. The van der Waals surface area contributed by atoms with E-state index in [1.54, 1.807) is 31.0 Å². The van der Waals surface area contributed by atoms with Gasteiger partial charge >= 0.3 is 0 Å². The summed E-state index contributed by atoms with van der Waals surface area (Å²) in [6, 6.07) is 2.61. The van der Waals surface area contributed by atoms with E-state index in [4.69, 9.17) is 14.2 Å². The van der Waals surface area contributed by atoms with Gasteiger partial charge in [0.15, 0.2) is 17.3 Å². The van der Waals surface area contributed by atoms with Gasteiger partial charge in [-0.1, -0.05) is 0 Å². The summed E-state index contributed by atoms with van der Waals surface area (Å²) in [7, 11) is 6.15. The molecule has 0 N–H and O–H groups in total. The maximum absolute atomic E-state index is 12.7. The minimum atomic E-state index is -0.512. The Morgan fingerprint density at radius 1 is 1.00 bits per heavy atom. The van der Waals surface area contributed by atoms with Gasteiger partial charge in [-0.15, -0.1) is 0 Å². The quantitative estimate of drug-likeness (QED) is 0.666. The summed E-state index contributed by atoms with van der Waals surface area (Å²) in [6.07, 6.45) is 0.0373. The van der Waals surface area contributed by atoms with Crippen LogP contribution in [0.4, 0.5) is 0 Å². The molecule has 8 heteroatoms. The van der Waals surface area contributed by atoms with Gasteiger partial charge in [-0.05, 0) is 13.0 Å². The third-order valence-electron chi connectivity index (χ3n) is 4.77. The van der Waals surface area contributed by atoms with Crippen molar-refractivity contribution in [2.45, 2.75) is 25.8 Å². The summed E-state index contributed by atoms with van der Waals surface area (Å²) >= 11 is 0. The zero-order valence-corrected chi connectivity index (χ0v) is 16.4. The number of benzene rings is 1. The Labute approximate surface area is 159 Å². The van der Waals surface area contributed by atoms with Crippen LogP contribution in [-0.2, 0) is 9.59 Å². The molecule has 0 saturated carbocycles. The number of methoxy groups -OCH3 is 3. The summed E-state index contributed by atoms with van der Waals surface area (Å²) in [5, 5.41) is 0. The molecule has 0 spiro atoms. The fraction of sp³-hybridized carbons (Fsp3) is 0.526. The average Bonchev–Trinajstić information content (AvgIpc) is 2.68.